The minimum absolute atomic E-state index is 0.445. The molecule has 0 atom stereocenters. The molecule has 0 unspecified atom stereocenters. The maximum atomic E-state index is 5.98. The summed E-state index contributed by atoms with van der Waals surface area (Å²) in [4.78, 5) is 4.12. The fraction of sp³-hybridized carbons (Fsp3) is 0.0833. The molecule has 0 aliphatic carbocycles. The summed E-state index contributed by atoms with van der Waals surface area (Å²) in [5, 5.41) is 0.474. The molecule has 2 aromatic rings. The van der Waals surface area contributed by atoms with Crippen molar-refractivity contribution in [3.63, 3.8) is 0 Å². The molecular weight excluding hydrogens is 224 g/mol. The normalized spacial score (nSPS) is 10.1. The van der Waals surface area contributed by atoms with E-state index in [1.54, 1.807) is 30.5 Å². The largest absolute Gasteiger partial charge is 0.435 e. The molecule has 0 amide bonds. The molecule has 82 valence electrons. The second-order valence-electron chi connectivity index (χ2n) is 3.43. The number of para-hydroxylation sites is 1. The number of nitrogens with two attached hydrogens (primary N) is 1. The van der Waals surface area contributed by atoms with Gasteiger partial charge in [0.25, 0.3) is 0 Å². The number of rotatable bonds is 2. The summed E-state index contributed by atoms with van der Waals surface area (Å²) in [6.45, 7) is 1.96. The van der Waals surface area contributed by atoms with E-state index >= 15 is 0 Å². The van der Waals surface area contributed by atoms with Crippen molar-refractivity contribution >= 4 is 17.3 Å². The number of halogens is 1. The zero-order valence-electron chi connectivity index (χ0n) is 8.77. The van der Waals surface area contributed by atoms with Gasteiger partial charge in [0.05, 0.1) is 10.7 Å². The fourth-order valence-electron chi connectivity index (χ4n) is 1.25. The lowest BCUT2D eigenvalue weighted by molar-refractivity contribution is 0.465. The summed E-state index contributed by atoms with van der Waals surface area (Å²) in [5.74, 6) is 0.922. The highest BCUT2D eigenvalue weighted by Gasteiger charge is 2.07. The number of aryl methyl sites for hydroxylation is 1. The summed E-state index contributed by atoms with van der Waals surface area (Å²) in [6.07, 6.45) is 1.72. The van der Waals surface area contributed by atoms with Crippen molar-refractivity contribution in [2.45, 2.75) is 6.92 Å². The monoisotopic (exact) mass is 234 g/mol. The summed E-state index contributed by atoms with van der Waals surface area (Å²) in [5.41, 5.74) is 7.33. The Morgan fingerprint density at radius 2 is 2.06 bits per heavy atom. The maximum absolute atomic E-state index is 5.98. The predicted octanol–water partition coefficient (Wildman–Crippen LogP) is 3.42. The van der Waals surface area contributed by atoms with Crippen LogP contribution in [0.1, 0.15) is 5.56 Å². The summed E-state index contributed by atoms with van der Waals surface area (Å²) in [6, 6.07) is 8.91. The first-order chi connectivity index (χ1) is 7.66. The SMILES string of the molecule is Cc1ccc(Oc2c(N)cccc2Cl)nc1. The van der Waals surface area contributed by atoms with Crippen molar-refractivity contribution in [3.05, 3.63) is 47.1 Å². The minimum Gasteiger partial charge on any atom is -0.435 e. The van der Waals surface area contributed by atoms with Crippen LogP contribution in [0.2, 0.25) is 5.02 Å². The van der Waals surface area contributed by atoms with Gasteiger partial charge in [-0.25, -0.2) is 4.98 Å². The first-order valence-corrected chi connectivity index (χ1v) is 5.19. The van der Waals surface area contributed by atoms with Gasteiger partial charge in [-0.3, -0.25) is 0 Å². The molecule has 1 aromatic heterocycles. The molecular formula is C12H11ClN2O. The average molecular weight is 235 g/mol. The van der Waals surface area contributed by atoms with Gasteiger partial charge in [0.1, 0.15) is 0 Å². The van der Waals surface area contributed by atoms with E-state index in [1.807, 2.05) is 13.0 Å². The van der Waals surface area contributed by atoms with Crippen molar-refractivity contribution in [2.75, 3.05) is 5.73 Å². The van der Waals surface area contributed by atoms with E-state index in [0.29, 0.717) is 22.3 Å². The van der Waals surface area contributed by atoms with Gasteiger partial charge in [0.15, 0.2) is 5.75 Å². The van der Waals surface area contributed by atoms with Crippen LogP contribution in [0, 0.1) is 6.92 Å². The summed E-state index contributed by atoms with van der Waals surface area (Å²) >= 11 is 5.98. The standard InChI is InChI=1S/C12H11ClN2O/c1-8-5-6-11(15-7-8)16-12-9(13)3-2-4-10(12)14/h2-7H,14H2,1H3. The molecule has 0 radical (unpaired) electrons. The molecule has 0 fully saturated rings. The minimum atomic E-state index is 0.445. The highest BCUT2D eigenvalue weighted by atomic mass is 35.5. The van der Waals surface area contributed by atoms with Crippen LogP contribution in [0.25, 0.3) is 0 Å². The third kappa shape index (κ3) is 2.25. The van der Waals surface area contributed by atoms with Gasteiger partial charge < -0.3 is 10.5 Å². The molecule has 0 spiro atoms. The van der Waals surface area contributed by atoms with Gasteiger partial charge in [-0.15, -0.1) is 0 Å². The number of aromatic nitrogens is 1. The predicted molar refractivity (Wildman–Crippen MR) is 64.9 cm³/mol. The van der Waals surface area contributed by atoms with E-state index in [0.717, 1.165) is 5.56 Å². The first kappa shape index (κ1) is 10.8. The van der Waals surface area contributed by atoms with Crippen LogP contribution in [0.5, 0.6) is 11.6 Å². The van der Waals surface area contributed by atoms with Crippen LogP contribution in [-0.4, -0.2) is 4.98 Å². The number of hydrogen-bond acceptors (Lipinski definition) is 3. The molecule has 4 heteroatoms. The molecule has 2 rings (SSSR count). The Kier molecular flexibility index (Phi) is 2.97. The Morgan fingerprint density at radius 3 is 2.69 bits per heavy atom. The Bertz CT molecular complexity index is 477. The molecule has 1 heterocycles. The Morgan fingerprint density at radius 1 is 1.25 bits per heavy atom. The summed E-state index contributed by atoms with van der Waals surface area (Å²) < 4.78 is 5.53. The smallest absolute Gasteiger partial charge is 0.219 e. The maximum Gasteiger partial charge on any atom is 0.219 e. The molecule has 1 aromatic carbocycles. The number of nitrogens with zero attached hydrogens (tertiary/aromatic N) is 1. The van der Waals surface area contributed by atoms with Crippen molar-refractivity contribution in [1.82, 2.24) is 4.98 Å². The van der Waals surface area contributed by atoms with Crippen LogP contribution in [-0.2, 0) is 0 Å². The van der Waals surface area contributed by atoms with Gasteiger partial charge in [-0.1, -0.05) is 23.7 Å². The molecule has 0 aliphatic rings. The van der Waals surface area contributed by atoms with E-state index in [-0.39, 0.29) is 0 Å². The van der Waals surface area contributed by atoms with Gasteiger partial charge in [-0.05, 0) is 24.6 Å². The van der Waals surface area contributed by atoms with E-state index in [1.165, 1.54) is 0 Å². The molecule has 0 aliphatic heterocycles. The zero-order valence-corrected chi connectivity index (χ0v) is 9.53. The molecule has 16 heavy (non-hydrogen) atoms. The molecule has 0 saturated carbocycles. The van der Waals surface area contributed by atoms with Crippen LogP contribution in [0.3, 0.4) is 0 Å². The number of anilines is 1. The number of ether oxygens (including phenoxy) is 1. The topological polar surface area (TPSA) is 48.1 Å². The molecule has 0 saturated heterocycles. The Hall–Kier alpha value is -1.74. The van der Waals surface area contributed by atoms with Crippen molar-refractivity contribution in [2.24, 2.45) is 0 Å². The van der Waals surface area contributed by atoms with Crippen molar-refractivity contribution < 1.29 is 4.74 Å². The summed E-state index contributed by atoms with van der Waals surface area (Å²) in [7, 11) is 0. The Labute approximate surface area is 98.8 Å². The third-order valence-electron chi connectivity index (χ3n) is 2.09. The third-order valence-corrected chi connectivity index (χ3v) is 2.39. The fourth-order valence-corrected chi connectivity index (χ4v) is 1.47. The van der Waals surface area contributed by atoms with E-state index < -0.39 is 0 Å². The van der Waals surface area contributed by atoms with Gasteiger partial charge in [-0.2, -0.15) is 0 Å². The van der Waals surface area contributed by atoms with Crippen LogP contribution >= 0.6 is 11.6 Å². The number of pyridine rings is 1. The molecule has 0 bridgehead atoms. The number of benzene rings is 1. The zero-order chi connectivity index (χ0) is 11.5. The van der Waals surface area contributed by atoms with Gasteiger partial charge in [0, 0.05) is 12.3 Å². The van der Waals surface area contributed by atoms with Crippen molar-refractivity contribution in [1.29, 1.82) is 0 Å². The lowest BCUT2D eigenvalue weighted by atomic mass is 10.3. The average Bonchev–Trinajstić information content (AvgIpc) is 2.26. The van der Waals surface area contributed by atoms with Crippen LogP contribution < -0.4 is 10.5 Å². The van der Waals surface area contributed by atoms with Crippen LogP contribution in [0.15, 0.2) is 36.5 Å². The van der Waals surface area contributed by atoms with Crippen LogP contribution in [0.4, 0.5) is 5.69 Å². The Balaban J connectivity index is 2.30. The lowest BCUT2D eigenvalue weighted by Gasteiger charge is -2.08. The molecule has 3 nitrogen and oxygen atoms in total. The quantitative estimate of drug-likeness (QED) is 0.810. The highest BCUT2D eigenvalue weighted by molar-refractivity contribution is 6.32. The first-order valence-electron chi connectivity index (χ1n) is 4.81. The molecule has 2 N–H and O–H groups in total. The van der Waals surface area contributed by atoms with Crippen molar-refractivity contribution in [3.8, 4) is 11.6 Å². The van der Waals surface area contributed by atoms with Gasteiger partial charge >= 0.3 is 0 Å². The number of nitrogen functional groups attached to an aromatic ring is 1. The second-order valence-corrected chi connectivity index (χ2v) is 3.84. The highest BCUT2D eigenvalue weighted by Crippen LogP contribution is 2.33. The van der Waals surface area contributed by atoms with E-state index in [2.05, 4.69) is 4.98 Å². The van der Waals surface area contributed by atoms with Gasteiger partial charge in [0.2, 0.25) is 5.88 Å². The van der Waals surface area contributed by atoms with E-state index in [4.69, 9.17) is 22.1 Å². The lowest BCUT2D eigenvalue weighted by Crippen LogP contribution is -1.94. The number of hydrogen-bond donors (Lipinski definition) is 1. The second kappa shape index (κ2) is 4.41. The van der Waals surface area contributed by atoms with E-state index in [9.17, 15) is 0 Å².